The minimum Gasteiger partial charge on any atom is -0.480 e. The molecule has 1 aliphatic heterocycles. The fourth-order valence-corrected chi connectivity index (χ4v) is 2.84. The van der Waals surface area contributed by atoms with Gasteiger partial charge < -0.3 is 14.4 Å². The molecule has 0 amide bonds. The molecule has 0 aliphatic carbocycles. The van der Waals surface area contributed by atoms with Crippen LogP contribution in [-0.4, -0.2) is 51.3 Å². The van der Waals surface area contributed by atoms with Crippen LogP contribution in [0.5, 0.6) is 0 Å². The molecule has 122 valence electrons. The Labute approximate surface area is 135 Å². The summed E-state index contributed by atoms with van der Waals surface area (Å²) in [6, 6.07) is 9.64. The van der Waals surface area contributed by atoms with Crippen molar-refractivity contribution in [3.8, 4) is 0 Å². The number of carboxylic acid groups (broad SMARTS) is 1. The molecule has 1 aromatic heterocycles. The number of aromatic nitrogens is 2. The van der Waals surface area contributed by atoms with Gasteiger partial charge in [0.05, 0.1) is 19.8 Å². The van der Waals surface area contributed by atoms with Crippen molar-refractivity contribution in [2.24, 2.45) is 7.05 Å². The normalized spacial score (nSPS) is 18.9. The third kappa shape index (κ3) is 3.60. The number of hydrogen-bond donors (Lipinski definition) is 1. The Morgan fingerprint density at radius 2 is 2.17 bits per heavy atom. The van der Waals surface area contributed by atoms with Gasteiger partial charge in [-0.25, -0.2) is 4.98 Å². The Morgan fingerprint density at radius 3 is 2.91 bits per heavy atom. The monoisotopic (exact) mass is 315 g/mol. The Bertz CT molecular complexity index is 669. The molecule has 1 atom stereocenters. The van der Waals surface area contributed by atoms with Crippen LogP contribution in [0, 0.1) is 0 Å². The third-order valence-corrected chi connectivity index (χ3v) is 4.28. The number of ether oxygens (including phenoxy) is 1. The molecule has 2 aromatic rings. The molecule has 3 rings (SSSR count). The van der Waals surface area contributed by atoms with Crippen molar-refractivity contribution in [1.82, 2.24) is 14.5 Å². The van der Waals surface area contributed by atoms with Crippen molar-refractivity contribution in [2.75, 3.05) is 19.8 Å². The van der Waals surface area contributed by atoms with Crippen molar-refractivity contribution in [2.45, 2.75) is 19.0 Å². The van der Waals surface area contributed by atoms with Crippen LogP contribution in [0.3, 0.4) is 0 Å². The summed E-state index contributed by atoms with van der Waals surface area (Å²) in [6.07, 6.45) is 2.69. The molecule has 1 N–H and O–H groups in total. The Balaban J connectivity index is 1.72. The molecule has 1 fully saturated rings. The molecule has 1 unspecified atom stereocenters. The van der Waals surface area contributed by atoms with Gasteiger partial charge in [-0.3, -0.25) is 9.69 Å². The highest BCUT2D eigenvalue weighted by molar-refractivity contribution is 5.73. The van der Waals surface area contributed by atoms with Gasteiger partial charge in [0.2, 0.25) is 0 Å². The van der Waals surface area contributed by atoms with Crippen molar-refractivity contribution in [3.05, 3.63) is 53.6 Å². The van der Waals surface area contributed by atoms with Crippen LogP contribution in [0.4, 0.5) is 0 Å². The molecular formula is C17H21N3O3. The number of benzene rings is 1. The maximum atomic E-state index is 11.3. The summed E-state index contributed by atoms with van der Waals surface area (Å²) in [5.41, 5.74) is 2.35. The van der Waals surface area contributed by atoms with Gasteiger partial charge >= 0.3 is 5.97 Å². The number of morpholine rings is 1. The second-order valence-corrected chi connectivity index (χ2v) is 5.79. The first-order valence-corrected chi connectivity index (χ1v) is 7.73. The summed E-state index contributed by atoms with van der Waals surface area (Å²) in [4.78, 5) is 17.7. The summed E-state index contributed by atoms with van der Waals surface area (Å²) < 4.78 is 7.33. The summed E-state index contributed by atoms with van der Waals surface area (Å²) in [7, 11) is 1.98. The summed E-state index contributed by atoms with van der Waals surface area (Å²) in [5, 5.41) is 9.31. The fraction of sp³-hybridized carbons (Fsp3) is 0.412. The van der Waals surface area contributed by atoms with Crippen LogP contribution in [0.25, 0.3) is 0 Å². The number of aliphatic carboxylic acids is 1. The van der Waals surface area contributed by atoms with Crippen LogP contribution in [0.1, 0.15) is 17.1 Å². The molecule has 1 aromatic carbocycles. The average Bonchev–Trinajstić information content (AvgIpc) is 2.89. The van der Waals surface area contributed by atoms with Crippen LogP contribution < -0.4 is 0 Å². The zero-order valence-electron chi connectivity index (χ0n) is 13.2. The van der Waals surface area contributed by atoms with E-state index >= 15 is 0 Å². The Kier molecular flexibility index (Phi) is 4.73. The summed E-state index contributed by atoms with van der Waals surface area (Å²) in [5.74, 6) is 0.0347. The smallest absolute Gasteiger partial charge is 0.323 e. The molecule has 2 heterocycles. The van der Waals surface area contributed by atoms with Gasteiger partial charge in [0.15, 0.2) is 0 Å². The molecule has 1 saturated heterocycles. The Morgan fingerprint density at radius 1 is 1.39 bits per heavy atom. The molecule has 0 spiro atoms. The van der Waals surface area contributed by atoms with Crippen LogP contribution in [0.15, 0.2) is 36.5 Å². The average molecular weight is 315 g/mol. The fourth-order valence-electron chi connectivity index (χ4n) is 2.84. The van der Waals surface area contributed by atoms with Gasteiger partial charge in [0.1, 0.15) is 11.9 Å². The predicted octanol–water partition coefficient (Wildman–Crippen LogP) is 1.30. The topological polar surface area (TPSA) is 67.6 Å². The van der Waals surface area contributed by atoms with E-state index in [-0.39, 0.29) is 6.61 Å². The minimum absolute atomic E-state index is 0.233. The zero-order valence-corrected chi connectivity index (χ0v) is 13.2. The SMILES string of the molecule is Cn1c(Cc2ccccc2)cnc1CN1CCOCC1C(=O)O. The zero-order chi connectivity index (χ0) is 16.2. The first-order valence-electron chi connectivity index (χ1n) is 7.73. The Hall–Kier alpha value is -2.18. The third-order valence-electron chi connectivity index (χ3n) is 4.28. The largest absolute Gasteiger partial charge is 0.480 e. The van der Waals surface area contributed by atoms with Crippen molar-refractivity contribution in [1.29, 1.82) is 0 Å². The number of hydrogen-bond acceptors (Lipinski definition) is 4. The second-order valence-electron chi connectivity index (χ2n) is 5.79. The van der Waals surface area contributed by atoms with Gasteiger partial charge in [-0.05, 0) is 5.56 Å². The van der Waals surface area contributed by atoms with E-state index in [2.05, 4.69) is 21.7 Å². The van der Waals surface area contributed by atoms with Crippen molar-refractivity contribution in [3.63, 3.8) is 0 Å². The molecule has 6 heteroatoms. The highest BCUT2D eigenvalue weighted by Crippen LogP contribution is 2.15. The lowest BCUT2D eigenvalue weighted by Gasteiger charge is -2.32. The quantitative estimate of drug-likeness (QED) is 0.901. The minimum atomic E-state index is -0.844. The van der Waals surface area contributed by atoms with E-state index in [9.17, 15) is 9.90 Å². The van der Waals surface area contributed by atoms with Crippen LogP contribution in [-0.2, 0) is 29.5 Å². The highest BCUT2D eigenvalue weighted by atomic mass is 16.5. The molecule has 6 nitrogen and oxygen atoms in total. The van der Waals surface area contributed by atoms with E-state index in [0.29, 0.717) is 19.7 Å². The molecule has 0 bridgehead atoms. The maximum Gasteiger partial charge on any atom is 0.323 e. The van der Waals surface area contributed by atoms with Crippen LogP contribution >= 0.6 is 0 Å². The number of carbonyl (C=O) groups is 1. The molecule has 0 radical (unpaired) electrons. The van der Waals surface area contributed by atoms with Gasteiger partial charge in [-0.1, -0.05) is 30.3 Å². The standard InChI is InChI=1S/C17H21N3O3/c1-19-14(9-13-5-3-2-4-6-13)10-18-16(19)11-20-7-8-23-12-15(20)17(21)22/h2-6,10,15H,7-9,11-12H2,1H3,(H,21,22). The lowest BCUT2D eigenvalue weighted by atomic mass is 10.1. The lowest BCUT2D eigenvalue weighted by molar-refractivity contribution is -0.150. The number of carboxylic acids is 1. The molecule has 23 heavy (non-hydrogen) atoms. The van der Waals surface area contributed by atoms with Gasteiger partial charge in [-0.2, -0.15) is 0 Å². The predicted molar refractivity (Wildman–Crippen MR) is 85.1 cm³/mol. The number of nitrogens with zero attached hydrogens (tertiary/aromatic N) is 3. The van der Waals surface area contributed by atoms with Crippen molar-refractivity contribution < 1.29 is 14.6 Å². The highest BCUT2D eigenvalue weighted by Gasteiger charge is 2.30. The van der Waals surface area contributed by atoms with E-state index in [1.165, 1.54) is 5.56 Å². The molecule has 0 saturated carbocycles. The first-order chi connectivity index (χ1) is 11.1. The van der Waals surface area contributed by atoms with Crippen molar-refractivity contribution >= 4 is 5.97 Å². The van der Waals surface area contributed by atoms with E-state index in [1.54, 1.807) is 0 Å². The van der Waals surface area contributed by atoms with E-state index in [4.69, 9.17) is 4.74 Å². The summed E-state index contributed by atoms with van der Waals surface area (Å²) >= 11 is 0. The molecular weight excluding hydrogens is 294 g/mol. The second kappa shape index (κ2) is 6.93. The van der Waals surface area contributed by atoms with E-state index in [0.717, 1.165) is 17.9 Å². The first kappa shape index (κ1) is 15.7. The number of rotatable bonds is 5. The van der Waals surface area contributed by atoms with E-state index in [1.807, 2.05) is 36.3 Å². The van der Waals surface area contributed by atoms with Gasteiger partial charge in [0, 0.05) is 31.9 Å². The lowest BCUT2D eigenvalue weighted by Crippen LogP contribution is -2.49. The van der Waals surface area contributed by atoms with E-state index < -0.39 is 12.0 Å². The number of imidazole rings is 1. The maximum absolute atomic E-state index is 11.3. The summed E-state index contributed by atoms with van der Waals surface area (Å²) in [6.45, 7) is 1.92. The van der Waals surface area contributed by atoms with Gasteiger partial charge in [-0.15, -0.1) is 0 Å². The van der Waals surface area contributed by atoms with Gasteiger partial charge in [0.25, 0.3) is 0 Å². The van der Waals surface area contributed by atoms with Crippen LogP contribution in [0.2, 0.25) is 0 Å². The molecule has 1 aliphatic rings.